The second-order valence-corrected chi connectivity index (χ2v) is 6.85. The molecule has 1 aliphatic rings. The molecule has 112 valence electrons. The topological polar surface area (TPSA) is 94.1 Å². The molecule has 7 nitrogen and oxygen atoms in total. The van der Waals surface area contributed by atoms with Crippen LogP contribution >= 0.6 is 0 Å². The van der Waals surface area contributed by atoms with Crippen molar-refractivity contribution in [1.29, 1.82) is 0 Å². The van der Waals surface area contributed by atoms with Crippen molar-refractivity contribution in [3.05, 3.63) is 35.5 Å². The smallest absolute Gasteiger partial charge is 0.283 e. The second kappa shape index (κ2) is 5.12. The van der Waals surface area contributed by atoms with E-state index in [0.717, 1.165) is 29.7 Å². The normalized spacial score (nSPS) is 15.0. The number of aromatic nitrogens is 3. The van der Waals surface area contributed by atoms with E-state index in [2.05, 4.69) is 10.3 Å². The molecule has 0 unspecified atom stereocenters. The van der Waals surface area contributed by atoms with Gasteiger partial charge >= 0.3 is 0 Å². The molecule has 0 radical (unpaired) electrons. The van der Waals surface area contributed by atoms with Crippen molar-refractivity contribution in [2.75, 3.05) is 10.8 Å². The summed E-state index contributed by atoms with van der Waals surface area (Å²) in [4.78, 5) is 0. The predicted molar refractivity (Wildman–Crippen MR) is 78.2 cm³/mol. The summed E-state index contributed by atoms with van der Waals surface area (Å²) >= 11 is 0. The lowest BCUT2D eigenvalue weighted by Crippen LogP contribution is -2.36. The van der Waals surface area contributed by atoms with E-state index >= 15 is 0 Å². The fraction of sp³-hybridized carbons (Fsp3) is 0.385. The molecule has 2 N–H and O–H groups in total. The Morgan fingerprint density at radius 3 is 2.86 bits per heavy atom. The van der Waals surface area contributed by atoms with E-state index in [-0.39, 0.29) is 5.03 Å². The lowest BCUT2D eigenvalue weighted by molar-refractivity contribution is 0.566. The number of nitrogens with zero attached hydrogens (tertiary/aromatic N) is 4. The van der Waals surface area contributed by atoms with E-state index in [0.29, 0.717) is 13.1 Å². The first-order chi connectivity index (χ1) is 10.0. The van der Waals surface area contributed by atoms with E-state index in [1.807, 2.05) is 18.2 Å². The Kier molecular flexibility index (Phi) is 3.42. The highest BCUT2D eigenvalue weighted by Crippen LogP contribution is 2.32. The lowest BCUT2D eigenvalue weighted by Gasteiger charge is -2.30. The highest BCUT2D eigenvalue weighted by molar-refractivity contribution is 7.92. The number of sulfonamides is 1. The van der Waals surface area contributed by atoms with Crippen molar-refractivity contribution in [2.45, 2.75) is 24.4 Å². The summed E-state index contributed by atoms with van der Waals surface area (Å²) in [7, 11) is -2.07. The van der Waals surface area contributed by atoms with Gasteiger partial charge < -0.3 is 5.73 Å². The summed E-state index contributed by atoms with van der Waals surface area (Å²) in [6.45, 7) is 0.911. The van der Waals surface area contributed by atoms with Gasteiger partial charge in [-0.3, -0.25) is 4.31 Å². The lowest BCUT2D eigenvalue weighted by atomic mass is 10.0. The Morgan fingerprint density at radius 1 is 1.38 bits per heavy atom. The monoisotopic (exact) mass is 307 g/mol. The number of benzene rings is 1. The summed E-state index contributed by atoms with van der Waals surface area (Å²) in [5.74, 6) is 0. The molecule has 0 saturated heterocycles. The van der Waals surface area contributed by atoms with Gasteiger partial charge in [0, 0.05) is 20.1 Å². The molecule has 8 heteroatoms. The average molecular weight is 307 g/mol. The fourth-order valence-electron chi connectivity index (χ4n) is 2.62. The van der Waals surface area contributed by atoms with Gasteiger partial charge in [0.25, 0.3) is 10.0 Å². The van der Waals surface area contributed by atoms with Gasteiger partial charge in [-0.2, -0.15) is 8.42 Å². The van der Waals surface area contributed by atoms with Crippen LogP contribution in [-0.4, -0.2) is 30.0 Å². The summed E-state index contributed by atoms with van der Waals surface area (Å²) < 4.78 is 28.3. The van der Waals surface area contributed by atoms with Crippen molar-refractivity contribution in [2.24, 2.45) is 12.8 Å². The van der Waals surface area contributed by atoms with Crippen molar-refractivity contribution in [3.63, 3.8) is 0 Å². The van der Waals surface area contributed by atoms with Crippen molar-refractivity contribution < 1.29 is 8.42 Å². The molecule has 0 aliphatic carbocycles. The first-order valence-corrected chi connectivity index (χ1v) is 8.17. The van der Waals surface area contributed by atoms with E-state index in [4.69, 9.17) is 5.73 Å². The molecule has 2 heterocycles. The van der Waals surface area contributed by atoms with Crippen LogP contribution in [0.1, 0.15) is 17.5 Å². The number of aryl methyl sites for hydroxylation is 2. The summed E-state index contributed by atoms with van der Waals surface area (Å²) in [6, 6.07) is 5.69. The van der Waals surface area contributed by atoms with E-state index in [1.54, 1.807) is 7.05 Å². The molecule has 1 aromatic carbocycles. The standard InChI is InChI=1S/C13H17N5O2S/c1-17-13(9-15-16-17)21(19,20)18-6-2-3-11-7-10(8-14)4-5-12(11)18/h4-5,7,9H,2-3,6,8,14H2,1H3. The minimum Gasteiger partial charge on any atom is -0.326 e. The Bertz CT molecular complexity index is 769. The Labute approximate surface area is 123 Å². The van der Waals surface area contributed by atoms with E-state index in [1.165, 1.54) is 15.2 Å². The van der Waals surface area contributed by atoms with Crippen LogP contribution in [0, 0.1) is 0 Å². The zero-order valence-corrected chi connectivity index (χ0v) is 12.5. The third-order valence-electron chi connectivity index (χ3n) is 3.68. The maximum Gasteiger partial charge on any atom is 0.283 e. The SMILES string of the molecule is Cn1nncc1S(=O)(=O)N1CCCc2cc(CN)ccc21. The molecular weight excluding hydrogens is 290 g/mol. The van der Waals surface area contributed by atoms with Crippen LogP contribution in [0.25, 0.3) is 0 Å². The van der Waals surface area contributed by atoms with Gasteiger partial charge in [0.1, 0.15) is 0 Å². The largest absolute Gasteiger partial charge is 0.326 e. The molecule has 0 amide bonds. The molecule has 2 aromatic rings. The Hall–Kier alpha value is -1.93. The number of hydrogen-bond donors (Lipinski definition) is 1. The number of anilines is 1. The molecule has 21 heavy (non-hydrogen) atoms. The summed E-state index contributed by atoms with van der Waals surface area (Å²) in [6.07, 6.45) is 2.92. The van der Waals surface area contributed by atoms with Crippen molar-refractivity contribution in [3.8, 4) is 0 Å². The first-order valence-electron chi connectivity index (χ1n) is 6.73. The van der Waals surface area contributed by atoms with Crippen molar-refractivity contribution in [1.82, 2.24) is 15.0 Å². The van der Waals surface area contributed by atoms with Crippen LogP contribution in [0.2, 0.25) is 0 Å². The second-order valence-electron chi connectivity index (χ2n) is 5.04. The minimum atomic E-state index is -3.64. The maximum atomic E-state index is 12.8. The maximum absolute atomic E-state index is 12.8. The number of nitrogens with two attached hydrogens (primary N) is 1. The van der Waals surface area contributed by atoms with E-state index < -0.39 is 10.0 Å². The zero-order valence-electron chi connectivity index (χ0n) is 11.7. The number of rotatable bonds is 3. The molecule has 0 saturated carbocycles. The van der Waals surface area contributed by atoms with Crippen LogP contribution in [0.3, 0.4) is 0 Å². The molecule has 1 aliphatic heterocycles. The molecule has 3 rings (SSSR count). The molecule has 0 spiro atoms. The first kappa shape index (κ1) is 14.0. The number of hydrogen-bond acceptors (Lipinski definition) is 5. The van der Waals surface area contributed by atoms with Crippen LogP contribution in [-0.2, 0) is 30.0 Å². The third kappa shape index (κ3) is 2.30. The van der Waals surface area contributed by atoms with Crippen LogP contribution in [0.4, 0.5) is 5.69 Å². The predicted octanol–water partition coefficient (Wildman–Crippen LogP) is 0.415. The van der Waals surface area contributed by atoms with Gasteiger partial charge in [-0.1, -0.05) is 17.3 Å². The fourth-order valence-corrected chi connectivity index (χ4v) is 4.20. The molecular formula is C13H17N5O2S. The quantitative estimate of drug-likeness (QED) is 0.886. The van der Waals surface area contributed by atoms with E-state index in [9.17, 15) is 8.42 Å². The zero-order chi connectivity index (χ0) is 15.0. The number of fused-ring (bicyclic) bond motifs is 1. The van der Waals surface area contributed by atoms with Gasteiger partial charge in [0.2, 0.25) is 0 Å². The van der Waals surface area contributed by atoms with Gasteiger partial charge in [-0.05, 0) is 30.0 Å². The molecule has 0 fully saturated rings. The van der Waals surface area contributed by atoms with Gasteiger partial charge in [0.05, 0.1) is 11.9 Å². The minimum absolute atomic E-state index is 0.0956. The molecule has 1 aromatic heterocycles. The highest BCUT2D eigenvalue weighted by atomic mass is 32.2. The highest BCUT2D eigenvalue weighted by Gasteiger charge is 2.31. The Balaban J connectivity index is 2.08. The molecule has 0 bridgehead atoms. The van der Waals surface area contributed by atoms with Crippen LogP contribution in [0.15, 0.2) is 29.4 Å². The van der Waals surface area contributed by atoms with Gasteiger partial charge in [0.15, 0.2) is 5.03 Å². The van der Waals surface area contributed by atoms with Crippen LogP contribution in [0.5, 0.6) is 0 Å². The molecule has 0 atom stereocenters. The van der Waals surface area contributed by atoms with Gasteiger partial charge in [-0.15, -0.1) is 5.10 Å². The van der Waals surface area contributed by atoms with Crippen LogP contribution < -0.4 is 10.0 Å². The van der Waals surface area contributed by atoms with Crippen molar-refractivity contribution >= 4 is 15.7 Å². The summed E-state index contributed by atoms with van der Waals surface area (Å²) in [5.41, 5.74) is 8.40. The van der Waals surface area contributed by atoms with Gasteiger partial charge in [-0.25, -0.2) is 4.68 Å². The third-order valence-corrected chi connectivity index (χ3v) is 5.54. The average Bonchev–Trinajstić information content (AvgIpc) is 2.93. The summed E-state index contributed by atoms with van der Waals surface area (Å²) in [5, 5.41) is 7.46. The Morgan fingerprint density at radius 2 is 2.19 bits per heavy atom.